The Morgan fingerprint density at radius 2 is 1.87 bits per heavy atom. The molecule has 1 atom stereocenters. The van der Waals surface area contributed by atoms with Crippen molar-refractivity contribution in [3.05, 3.63) is 35.4 Å². The van der Waals surface area contributed by atoms with E-state index in [4.69, 9.17) is 0 Å². The van der Waals surface area contributed by atoms with Crippen molar-refractivity contribution in [1.29, 1.82) is 0 Å². The zero-order valence-electron chi connectivity index (χ0n) is 14.4. The van der Waals surface area contributed by atoms with Crippen LogP contribution in [0.25, 0.3) is 0 Å². The van der Waals surface area contributed by atoms with Crippen molar-refractivity contribution in [2.45, 2.75) is 45.4 Å². The lowest BCUT2D eigenvalue weighted by atomic mass is 9.90. The van der Waals surface area contributed by atoms with Crippen LogP contribution in [0.3, 0.4) is 0 Å². The van der Waals surface area contributed by atoms with E-state index in [1.54, 1.807) is 0 Å². The number of carbonyl (C=O) groups is 1. The van der Waals surface area contributed by atoms with Crippen molar-refractivity contribution in [2.75, 3.05) is 26.2 Å². The standard InChI is InChI=1S/C20H30N2O/c1-16-2-4-17(5-3-16)6-7-18-9-12-22(13-10-18)20(23)14-19-8-11-21-15-19/h2-5,18-19,21H,6-15H2,1H3. The molecule has 0 aromatic heterocycles. The average Bonchev–Trinajstić information content (AvgIpc) is 3.08. The monoisotopic (exact) mass is 314 g/mol. The molecule has 1 aromatic rings. The number of amides is 1. The largest absolute Gasteiger partial charge is 0.343 e. The smallest absolute Gasteiger partial charge is 0.222 e. The molecule has 23 heavy (non-hydrogen) atoms. The van der Waals surface area contributed by atoms with Gasteiger partial charge in [0.15, 0.2) is 0 Å². The summed E-state index contributed by atoms with van der Waals surface area (Å²) < 4.78 is 0. The molecule has 0 radical (unpaired) electrons. The SMILES string of the molecule is Cc1ccc(CCC2CCN(C(=O)CC3CCNC3)CC2)cc1. The Morgan fingerprint density at radius 3 is 2.52 bits per heavy atom. The minimum absolute atomic E-state index is 0.385. The number of carbonyl (C=O) groups excluding carboxylic acids is 1. The van der Waals surface area contributed by atoms with E-state index < -0.39 is 0 Å². The van der Waals surface area contributed by atoms with E-state index in [9.17, 15) is 4.79 Å². The molecule has 126 valence electrons. The summed E-state index contributed by atoms with van der Waals surface area (Å²) in [5.41, 5.74) is 2.78. The van der Waals surface area contributed by atoms with Crippen LogP contribution in [0.2, 0.25) is 0 Å². The predicted molar refractivity (Wildman–Crippen MR) is 94.4 cm³/mol. The fraction of sp³-hybridized carbons (Fsp3) is 0.650. The predicted octanol–water partition coefficient (Wildman–Crippen LogP) is 3.17. The minimum atomic E-state index is 0.385. The minimum Gasteiger partial charge on any atom is -0.343 e. The van der Waals surface area contributed by atoms with E-state index in [1.807, 2.05) is 0 Å². The van der Waals surface area contributed by atoms with Gasteiger partial charge in [0.05, 0.1) is 0 Å². The van der Waals surface area contributed by atoms with Gasteiger partial charge in [0.25, 0.3) is 0 Å². The highest BCUT2D eigenvalue weighted by Gasteiger charge is 2.25. The van der Waals surface area contributed by atoms with Crippen molar-refractivity contribution < 1.29 is 4.79 Å². The van der Waals surface area contributed by atoms with E-state index in [1.165, 1.54) is 43.2 Å². The summed E-state index contributed by atoms with van der Waals surface area (Å²) in [4.78, 5) is 14.5. The van der Waals surface area contributed by atoms with Crippen LogP contribution in [0.5, 0.6) is 0 Å². The van der Waals surface area contributed by atoms with Gasteiger partial charge < -0.3 is 10.2 Å². The second-order valence-corrected chi connectivity index (χ2v) is 7.41. The number of benzene rings is 1. The summed E-state index contributed by atoms with van der Waals surface area (Å²) in [7, 11) is 0. The van der Waals surface area contributed by atoms with Gasteiger partial charge in [-0.25, -0.2) is 0 Å². The Balaban J connectivity index is 1.37. The molecule has 3 rings (SSSR count). The summed E-state index contributed by atoms with van der Waals surface area (Å²) in [6.07, 6.45) is 6.71. The lowest BCUT2D eigenvalue weighted by Gasteiger charge is -2.32. The van der Waals surface area contributed by atoms with Gasteiger partial charge in [-0.3, -0.25) is 4.79 Å². The van der Waals surface area contributed by atoms with Crippen molar-refractivity contribution in [3.63, 3.8) is 0 Å². The number of aryl methyl sites for hydroxylation is 2. The summed E-state index contributed by atoms with van der Waals surface area (Å²) in [5, 5.41) is 3.35. The van der Waals surface area contributed by atoms with Crippen LogP contribution in [-0.4, -0.2) is 37.0 Å². The first-order valence-electron chi connectivity index (χ1n) is 9.25. The van der Waals surface area contributed by atoms with Crippen LogP contribution in [0, 0.1) is 18.8 Å². The molecule has 0 bridgehead atoms. The number of nitrogens with one attached hydrogen (secondary N) is 1. The van der Waals surface area contributed by atoms with Crippen LogP contribution >= 0.6 is 0 Å². The molecule has 1 N–H and O–H groups in total. The van der Waals surface area contributed by atoms with Crippen LogP contribution in [0.15, 0.2) is 24.3 Å². The van der Waals surface area contributed by atoms with Gasteiger partial charge in [-0.2, -0.15) is 0 Å². The molecule has 2 aliphatic heterocycles. The molecule has 2 aliphatic rings. The third-order valence-electron chi connectivity index (χ3n) is 5.55. The molecule has 0 aliphatic carbocycles. The Bertz CT molecular complexity index is 497. The Hall–Kier alpha value is -1.35. The molecule has 2 saturated heterocycles. The third kappa shape index (κ3) is 4.81. The Labute approximate surface area is 140 Å². The first-order chi connectivity index (χ1) is 11.2. The maximum atomic E-state index is 12.4. The van der Waals surface area contributed by atoms with Gasteiger partial charge >= 0.3 is 0 Å². The number of rotatable bonds is 5. The quantitative estimate of drug-likeness (QED) is 0.905. The number of hydrogen-bond donors (Lipinski definition) is 1. The Morgan fingerprint density at radius 1 is 1.13 bits per heavy atom. The molecular weight excluding hydrogens is 284 g/mol. The fourth-order valence-corrected chi connectivity index (χ4v) is 3.86. The van der Waals surface area contributed by atoms with Crippen LogP contribution in [0.1, 0.15) is 43.2 Å². The van der Waals surface area contributed by atoms with Crippen molar-refractivity contribution in [3.8, 4) is 0 Å². The highest BCUT2D eigenvalue weighted by Crippen LogP contribution is 2.24. The molecule has 2 fully saturated rings. The average molecular weight is 314 g/mol. The number of hydrogen-bond acceptors (Lipinski definition) is 2. The zero-order valence-corrected chi connectivity index (χ0v) is 14.4. The first kappa shape index (κ1) is 16.5. The maximum Gasteiger partial charge on any atom is 0.222 e. The van der Waals surface area contributed by atoms with Gasteiger partial charge in [-0.1, -0.05) is 29.8 Å². The van der Waals surface area contributed by atoms with E-state index in [2.05, 4.69) is 41.4 Å². The van der Waals surface area contributed by atoms with E-state index in [0.717, 1.165) is 38.5 Å². The number of piperidine rings is 1. The van der Waals surface area contributed by atoms with E-state index in [0.29, 0.717) is 11.8 Å². The van der Waals surface area contributed by atoms with Crippen molar-refractivity contribution in [1.82, 2.24) is 10.2 Å². The second-order valence-electron chi connectivity index (χ2n) is 7.41. The van der Waals surface area contributed by atoms with Crippen LogP contribution < -0.4 is 5.32 Å². The normalized spacial score (nSPS) is 22.5. The van der Waals surface area contributed by atoms with Crippen LogP contribution in [0.4, 0.5) is 0 Å². The molecule has 0 saturated carbocycles. The molecular formula is C20H30N2O. The fourth-order valence-electron chi connectivity index (χ4n) is 3.86. The molecule has 2 heterocycles. The first-order valence-corrected chi connectivity index (χ1v) is 9.25. The van der Waals surface area contributed by atoms with Crippen molar-refractivity contribution >= 4 is 5.91 Å². The highest BCUT2D eigenvalue weighted by molar-refractivity contribution is 5.76. The van der Waals surface area contributed by atoms with Gasteiger partial charge in [0, 0.05) is 19.5 Å². The maximum absolute atomic E-state index is 12.4. The van der Waals surface area contributed by atoms with Gasteiger partial charge in [-0.15, -0.1) is 0 Å². The topological polar surface area (TPSA) is 32.3 Å². The second kappa shape index (κ2) is 7.96. The lowest BCUT2D eigenvalue weighted by Crippen LogP contribution is -2.39. The lowest BCUT2D eigenvalue weighted by molar-refractivity contribution is -0.133. The van der Waals surface area contributed by atoms with Gasteiger partial charge in [0.1, 0.15) is 0 Å². The summed E-state index contributed by atoms with van der Waals surface area (Å²) in [5.74, 6) is 1.74. The highest BCUT2D eigenvalue weighted by atomic mass is 16.2. The van der Waals surface area contributed by atoms with Crippen LogP contribution in [-0.2, 0) is 11.2 Å². The third-order valence-corrected chi connectivity index (χ3v) is 5.55. The number of nitrogens with zero attached hydrogens (tertiary/aromatic N) is 1. The van der Waals surface area contributed by atoms with Gasteiger partial charge in [-0.05, 0) is 69.5 Å². The zero-order chi connectivity index (χ0) is 16.1. The van der Waals surface area contributed by atoms with Crippen molar-refractivity contribution in [2.24, 2.45) is 11.8 Å². The molecule has 3 heteroatoms. The molecule has 1 aromatic carbocycles. The van der Waals surface area contributed by atoms with E-state index >= 15 is 0 Å². The molecule has 1 unspecified atom stereocenters. The summed E-state index contributed by atoms with van der Waals surface area (Å²) in [6.45, 7) is 6.19. The van der Waals surface area contributed by atoms with E-state index in [-0.39, 0.29) is 0 Å². The molecule has 3 nitrogen and oxygen atoms in total. The summed E-state index contributed by atoms with van der Waals surface area (Å²) >= 11 is 0. The van der Waals surface area contributed by atoms with Gasteiger partial charge in [0.2, 0.25) is 5.91 Å². The Kier molecular flexibility index (Phi) is 5.71. The molecule has 0 spiro atoms. The summed E-state index contributed by atoms with van der Waals surface area (Å²) in [6, 6.07) is 8.91. The number of likely N-dealkylation sites (tertiary alicyclic amines) is 1. The molecule has 1 amide bonds.